The average molecular weight is 305 g/mol. The minimum Gasteiger partial charge on any atom is -0.494 e. The highest BCUT2D eigenvalue weighted by atomic mass is 16.5. The van der Waals surface area contributed by atoms with Crippen molar-refractivity contribution in [2.75, 3.05) is 13.2 Å². The maximum absolute atomic E-state index is 12.0. The second kappa shape index (κ2) is 7.14. The molecule has 22 heavy (non-hydrogen) atoms. The molecule has 4 heteroatoms. The number of aryl methyl sites for hydroxylation is 2. The van der Waals surface area contributed by atoms with Crippen LogP contribution in [0.4, 0.5) is 0 Å². The Bertz CT molecular complexity index is 525. The van der Waals surface area contributed by atoms with Crippen molar-refractivity contribution in [1.29, 1.82) is 0 Å². The molecule has 1 aromatic carbocycles. The third-order valence-corrected chi connectivity index (χ3v) is 4.53. The Labute approximate surface area is 132 Å². The quantitative estimate of drug-likeness (QED) is 0.726. The molecule has 1 amide bonds. The standard InChI is InChI=1S/C18H27NO3/c1-13-6-9-16(11-14(13)2)22-10-4-5-17(21)19-18(3,12-20)15-7-8-15/h6,9,11,15,20H,4-5,7-8,10,12H2,1-3H3,(H,19,21). The Morgan fingerprint density at radius 1 is 1.36 bits per heavy atom. The van der Waals surface area contributed by atoms with E-state index in [0.29, 0.717) is 25.4 Å². The van der Waals surface area contributed by atoms with Crippen LogP contribution in [0.2, 0.25) is 0 Å². The zero-order chi connectivity index (χ0) is 16.2. The van der Waals surface area contributed by atoms with Crippen LogP contribution in [0, 0.1) is 19.8 Å². The fraction of sp³-hybridized carbons (Fsp3) is 0.611. The van der Waals surface area contributed by atoms with Gasteiger partial charge in [0.1, 0.15) is 5.75 Å². The molecule has 0 spiro atoms. The smallest absolute Gasteiger partial charge is 0.220 e. The maximum Gasteiger partial charge on any atom is 0.220 e. The van der Waals surface area contributed by atoms with Crippen LogP contribution in [-0.4, -0.2) is 29.8 Å². The Hall–Kier alpha value is -1.55. The summed E-state index contributed by atoms with van der Waals surface area (Å²) in [5.41, 5.74) is 2.00. The molecule has 1 aliphatic carbocycles. The van der Waals surface area contributed by atoms with E-state index in [1.165, 1.54) is 11.1 Å². The summed E-state index contributed by atoms with van der Waals surface area (Å²) in [6.45, 7) is 6.58. The van der Waals surface area contributed by atoms with E-state index in [2.05, 4.69) is 19.2 Å². The van der Waals surface area contributed by atoms with Crippen LogP contribution in [0.25, 0.3) is 0 Å². The van der Waals surface area contributed by atoms with Crippen molar-refractivity contribution in [2.24, 2.45) is 5.92 Å². The first-order valence-corrected chi connectivity index (χ1v) is 8.06. The van der Waals surface area contributed by atoms with Crippen LogP contribution in [-0.2, 0) is 4.79 Å². The van der Waals surface area contributed by atoms with Gasteiger partial charge in [-0.3, -0.25) is 4.79 Å². The van der Waals surface area contributed by atoms with E-state index in [-0.39, 0.29) is 12.5 Å². The molecule has 4 nitrogen and oxygen atoms in total. The number of hydrogen-bond acceptors (Lipinski definition) is 3. The van der Waals surface area contributed by atoms with Gasteiger partial charge in [0, 0.05) is 6.42 Å². The highest BCUT2D eigenvalue weighted by molar-refractivity contribution is 5.76. The summed E-state index contributed by atoms with van der Waals surface area (Å²) in [5.74, 6) is 1.27. The largest absolute Gasteiger partial charge is 0.494 e. The fourth-order valence-electron chi connectivity index (χ4n) is 2.60. The first-order chi connectivity index (χ1) is 10.4. The number of hydrogen-bond donors (Lipinski definition) is 2. The number of carbonyl (C=O) groups excluding carboxylic acids is 1. The molecule has 0 heterocycles. The number of ether oxygens (including phenoxy) is 1. The van der Waals surface area contributed by atoms with Crippen molar-refractivity contribution in [3.63, 3.8) is 0 Å². The highest BCUT2D eigenvalue weighted by Gasteiger charge is 2.41. The predicted molar refractivity (Wildman–Crippen MR) is 87.0 cm³/mol. The minimum absolute atomic E-state index is 0.00253. The van der Waals surface area contributed by atoms with Crippen molar-refractivity contribution in [1.82, 2.24) is 5.32 Å². The van der Waals surface area contributed by atoms with E-state index in [4.69, 9.17) is 4.74 Å². The summed E-state index contributed by atoms with van der Waals surface area (Å²) in [6, 6.07) is 6.02. The number of rotatable bonds is 8. The average Bonchev–Trinajstić information content (AvgIpc) is 3.32. The lowest BCUT2D eigenvalue weighted by Crippen LogP contribution is -2.50. The van der Waals surface area contributed by atoms with E-state index in [0.717, 1.165) is 18.6 Å². The van der Waals surface area contributed by atoms with Gasteiger partial charge in [-0.25, -0.2) is 0 Å². The second-order valence-corrected chi connectivity index (χ2v) is 6.60. The summed E-state index contributed by atoms with van der Waals surface area (Å²) < 4.78 is 5.68. The monoisotopic (exact) mass is 305 g/mol. The lowest BCUT2D eigenvalue weighted by molar-refractivity contribution is -0.124. The molecule has 2 N–H and O–H groups in total. The molecular formula is C18H27NO3. The molecule has 1 aliphatic rings. The molecular weight excluding hydrogens is 278 g/mol. The normalized spacial score (nSPS) is 16.9. The third kappa shape index (κ3) is 4.47. The molecule has 0 aromatic heterocycles. The number of amides is 1. The summed E-state index contributed by atoms with van der Waals surface area (Å²) >= 11 is 0. The Balaban J connectivity index is 1.69. The molecule has 1 atom stereocenters. The molecule has 2 rings (SSSR count). The van der Waals surface area contributed by atoms with Gasteiger partial charge < -0.3 is 15.2 Å². The van der Waals surface area contributed by atoms with Crippen molar-refractivity contribution in [3.05, 3.63) is 29.3 Å². The van der Waals surface area contributed by atoms with Crippen molar-refractivity contribution in [3.8, 4) is 5.75 Å². The van der Waals surface area contributed by atoms with Crippen molar-refractivity contribution < 1.29 is 14.6 Å². The van der Waals surface area contributed by atoms with Gasteiger partial charge in [-0.2, -0.15) is 0 Å². The zero-order valence-electron chi connectivity index (χ0n) is 13.8. The van der Waals surface area contributed by atoms with Gasteiger partial charge in [0.25, 0.3) is 0 Å². The first-order valence-electron chi connectivity index (χ1n) is 8.06. The molecule has 0 aliphatic heterocycles. The summed E-state index contributed by atoms with van der Waals surface area (Å²) in [6.07, 6.45) is 3.28. The third-order valence-electron chi connectivity index (χ3n) is 4.53. The topological polar surface area (TPSA) is 58.6 Å². The SMILES string of the molecule is Cc1ccc(OCCCC(=O)NC(C)(CO)C2CC2)cc1C. The molecule has 1 aromatic rings. The Morgan fingerprint density at radius 2 is 2.09 bits per heavy atom. The summed E-state index contributed by atoms with van der Waals surface area (Å²) in [4.78, 5) is 12.0. The molecule has 1 saturated carbocycles. The van der Waals surface area contributed by atoms with Crippen LogP contribution in [0.15, 0.2) is 18.2 Å². The van der Waals surface area contributed by atoms with Gasteiger partial charge in [0.15, 0.2) is 0 Å². The summed E-state index contributed by atoms with van der Waals surface area (Å²) in [7, 11) is 0. The van der Waals surface area contributed by atoms with Crippen LogP contribution in [0.3, 0.4) is 0 Å². The Kier molecular flexibility index (Phi) is 5.46. The second-order valence-electron chi connectivity index (χ2n) is 6.60. The highest BCUT2D eigenvalue weighted by Crippen LogP contribution is 2.39. The maximum atomic E-state index is 12.0. The van der Waals surface area contributed by atoms with Gasteiger partial charge in [-0.15, -0.1) is 0 Å². The van der Waals surface area contributed by atoms with Gasteiger partial charge in [0.2, 0.25) is 5.91 Å². The van der Waals surface area contributed by atoms with Gasteiger partial charge >= 0.3 is 0 Å². The van der Waals surface area contributed by atoms with Crippen LogP contribution in [0.1, 0.15) is 43.7 Å². The number of nitrogens with one attached hydrogen (secondary N) is 1. The van der Waals surface area contributed by atoms with E-state index >= 15 is 0 Å². The van der Waals surface area contributed by atoms with Crippen molar-refractivity contribution in [2.45, 2.75) is 52.0 Å². The molecule has 1 fully saturated rings. The molecule has 1 unspecified atom stereocenters. The summed E-state index contributed by atoms with van der Waals surface area (Å²) in [5, 5.41) is 12.4. The molecule has 0 bridgehead atoms. The predicted octanol–water partition coefficient (Wildman–Crippen LogP) is 2.74. The fourth-order valence-corrected chi connectivity index (χ4v) is 2.60. The Morgan fingerprint density at radius 3 is 2.68 bits per heavy atom. The number of aliphatic hydroxyl groups excluding tert-OH is 1. The van der Waals surface area contributed by atoms with E-state index in [1.54, 1.807) is 0 Å². The molecule has 122 valence electrons. The van der Waals surface area contributed by atoms with Gasteiger partial charge in [-0.1, -0.05) is 6.07 Å². The van der Waals surface area contributed by atoms with Crippen LogP contribution in [0.5, 0.6) is 5.75 Å². The lowest BCUT2D eigenvalue weighted by atomic mass is 9.96. The van der Waals surface area contributed by atoms with Crippen LogP contribution >= 0.6 is 0 Å². The number of carbonyl (C=O) groups is 1. The van der Waals surface area contributed by atoms with Crippen molar-refractivity contribution >= 4 is 5.91 Å². The van der Waals surface area contributed by atoms with Gasteiger partial charge in [-0.05, 0) is 69.2 Å². The lowest BCUT2D eigenvalue weighted by Gasteiger charge is -2.28. The van der Waals surface area contributed by atoms with E-state index in [9.17, 15) is 9.90 Å². The van der Waals surface area contributed by atoms with Gasteiger partial charge in [0.05, 0.1) is 18.8 Å². The zero-order valence-corrected chi connectivity index (χ0v) is 13.8. The number of benzene rings is 1. The number of aliphatic hydroxyl groups is 1. The van der Waals surface area contributed by atoms with Crippen LogP contribution < -0.4 is 10.1 Å². The minimum atomic E-state index is -0.452. The van der Waals surface area contributed by atoms with E-state index < -0.39 is 5.54 Å². The van der Waals surface area contributed by atoms with E-state index in [1.807, 2.05) is 25.1 Å². The molecule has 0 radical (unpaired) electrons. The first kappa shape index (κ1) is 16.8. The molecule has 0 saturated heterocycles.